The Kier molecular flexibility index (Phi) is 4.75. The van der Waals surface area contributed by atoms with Crippen molar-refractivity contribution in [2.24, 2.45) is 0 Å². The first kappa shape index (κ1) is 17.5. The third-order valence-electron chi connectivity index (χ3n) is 4.83. The van der Waals surface area contributed by atoms with Gasteiger partial charge in [0.2, 0.25) is 0 Å². The second-order valence-corrected chi connectivity index (χ2v) is 6.63. The predicted octanol–water partition coefficient (Wildman–Crippen LogP) is 4.18. The summed E-state index contributed by atoms with van der Waals surface area (Å²) in [6.07, 6.45) is 1.85. The molecule has 1 N–H and O–H groups in total. The molecule has 4 rings (SSSR count). The van der Waals surface area contributed by atoms with Gasteiger partial charge in [-0.1, -0.05) is 12.1 Å². The van der Waals surface area contributed by atoms with E-state index in [4.69, 9.17) is 0 Å². The van der Waals surface area contributed by atoms with Crippen molar-refractivity contribution in [3.05, 3.63) is 59.9 Å². The number of likely N-dealkylation sites (tertiary alicyclic amines) is 1. The van der Waals surface area contributed by atoms with Crippen LogP contribution in [0.25, 0.3) is 11.0 Å². The number of aromatic nitrogens is 2. The van der Waals surface area contributed by atoms with E-state index in [0.717, 1.165) is 29.7 Å². The fourth-order valence-electron chi connectivity index (χ4n) is 3.51. The number of aromatic amines is 1. The van der Waals surface area contributed by atoms with E-state index in [1.165, 1.54) is 24.3 Å². The van der Waals surface area contributed by atoms with Crippen molar-refractivity contribution in [2.45, 2.75) is 25.4 Å². The largest absolute Gasteiger partial charge is 0.435 e. The zero-order valence-corrected chi connectivity index (χ0v) is 14.6. The van der Waals surface area contributed by atoms with Gasteiger partial charge in [-0.15, -0.1) is 0 Å². The summed E-state index contributed by atoms with van der Waals surface area (Å²) < 4.78 is 28.8. The lowest BCUT2D eigenvalue weighted by Gasteiger charge is -2.32. The third-order valence-corrected chi connectivity index (χ3v) is 4.83. The van der Waals surface area contributed by atoms with Crippen molar-refractivity contribution in [2.75, 3.05) is 13.1 Å². The van der Waals surface area contributed by atoms with Gasteiger partial charge in [-0.05, 0) is 49.2 Å². The summed E-state index contributed by atoms with van der Waals surface area (Å²) in [4.78, 5) is 22.6. The number of ether oxygens (including phenoxy) is 1. The van der Waals surface area contributed by atoms with Crippen molar-refractivity contribution < 1.29 is 18.3 Å². The number of piperidine rings is 1. The molecule has 1 aromatic heterocycles. The minimum atomic E-state index is -2.88. The predicted molar refractivity (Wildman–Crippen MR) is 97.0 cm³/mol. The molecular formula is C20H19F2N3O2. The lowest BCUT2D eigenvalue weighted by molar-refractivity contribution is -0.0498. The van der Waals surface area contributed by atoms with Gasteiger partial charge in [-0.25, -0.2) is 4.98 Å². The maximum atomic E-state index is 12.8. The normalized spacial score (nSPS) is 17.4. The maximum absolute atomic E-state index is 12.8. The van der Waals surface area contributed by atoms with E-state index < -0.39 is 6.61 Å². The van der Waals surface area contributed by atoms with Crippen molar-refractivity contribution in [1.29, 1.82) is 0 Å². The van der Waals surface area contributed by atoms with Crippen LogP contribution in [0.3, 0.4) is 0 Å². The van der Waals surface area contributed by atoms with Crippen molar-refractivity contribution in [3.63, 3.8) is 0 Å². The summed E-state index contributed by atoms with van der Waals surface area (Å²) in [6, 6.07) is 13.7. The molecular weight excluding hydrogens is 352 g/mol. The number of benzene rings is 2. The number of para-hydroxylation sites is 2. The highest BCUT2D eigenvalue weighted by atomic mass is 19.3. The molecule has 1 aliphatic heterocycles. The van der Waals surface area contributed by atoms with Gasteiger partial charge in [0, 0.05) is 24.6 Å². The summed E-state index contributed by atoms with van der Waals surface area (Å²) in [5.41, 5.74) is 2.37. The van der Waals surface area contributed by atoms with E-state index in [0.29, 0.717) is 18.7 Å². The zero-order valence-electron chi connectivity index (χ0n) is 14.6. The first-order valence-corrected chi connectivity index (χ1v) is 8.89. The van der Waals surface area contributed by atoms with E-state index in [1.807, 2.05) is 24.3 Å². The summed E-state index contributed by atoms with van der Waals surface area (Å²) in [6.45, 7) is -1.63. The summed E-state index contributed by atoms with van der Waals surface area (Å²) >= 11 is 0. The number of nitrogens with zero attached hydrogens (tertiary/aromatic N) is 2. The molecule has 2 aromatic carbocycles. The van der Waals surface area contributed by atoms with Crippen LogP contribution in [0, 0.1) is 0 Å². The lowest BCUT2D eigenvalue weighted by atomic mass is 9.96. The first-order chi connectivity index (χ1) is 13.1. The molecule has 1 aliphatic rings. The van der Waals surface area contributed by atoms with Gasteiger partial charge in [-0.2, -0.15) is 8.78 Å². The van der Waals surface area contributed by atoms with E-state index in [9.17, 15) is 13.6 Å². The van der Waals surface area contributed by atoms with Gasteiger partial charge in [0.25, 0.3) is 5.91 Å². The van der Waals surface area contributed by atoms with Gasteiger partial charge >= 0.3 is 6.61 Å². The molecule has 140 valence electrons. The van der Waals surface area contributed by atoms with Gasteiger partial charge in [0.05, 0.1) is 11.0 Å². The minimum absolute atomic E-state index is 0.0420. The van der Waals surface area contributed by atoms with Gasteiger partial charge in [-0.3, -0.25) is 4.79 Å². The second-order valence-electron chi connectivity index (χ2n) is 6.63. The monoisotopic (exact) mass is 371 g/mol. The molecule has 1 saturated heterocycles. The van der Waals surface area contributed by atoms with Crippen LogP contribution in [-0.2, 0) is 0 Å². The van der Waals surface area contributed by atoms with Crippen LogP contribution in [0.5, 0.6) is 5.75 Å². The quantitative estimate of drug-likeness (QED) is 0.748. The molecule has 5 nitrogen and oxygen atoms in total. The molecule has 0 saturated carbocycles. The zero-order chi connectivity index (χ0) is 18.8. The Labute approximate surface area is 155 Å². The average molecular weight is 371 g/mol. The number of hydrogen-bond donors (Lipinski definition) is 1. The highest BCUT2D eigenvalue weighted by Crippen LogP contribution is 2.28. The Morgan fingerprint density at radius 3 is 2.70 bits per heavy atom. The fourth-order valence-corrected chi connectivity index (χ4v) is 3.51. The van der Waals surface area contributed by atoms with Gasteiger partial charge < -0.3 is 14.6 Å². The number of nitrogens with one attached hydrogen (secondary N) is 1. The number of alkyl halides is 2. The van der Waals surface area contributed by atoms with Crippen LogP contribution in [-0.4, -0.2) is 40.5 Å². The van der Waals surface area contributed by atoms with Gasteiger partial charge in [0.15, 0.2) is 0 Å². The number of H-pyrrole nitrogens is 1. The summed E-state index contributed by atoms with van der Waals surface area (Å²) in [5.74, 6) is 0.977. The van der Waals surface area contributed by atoms with E-state index in [-0.39, 0.29) is 17.6 Å². The summed E-state index contributed by atoms with van der Waals surface area (Å²) in [5, 5.41) is 0. The number of imidazole rings is 1. The van der Waals surface area contributed by atoms with Gasteiger partial charge in [0.1, 0.15) is 11.6 Å². The second kappa shape index (κ2) is 7.34. The first-order valence-electron chi connectivity index (χ1n) is 8.89. The van der Waals surface area contributed by atoms with Crippen LogP contribution in [0.2, 0.25) is 0 Å². The van der Waals surface area contributed by atoms with E-state index in [2.05, 4.69) is 14.7 Å². The Hall–Kier alpha value is -2.96. The van der Waals surface area contributed by atoms with E-state index >= 15 is 0 Å². The molecule has 1 fully saturated rings. The number of carbonyl (C=O) groups is 1. The van der Waals surface area contributed by atoms with Crippen molar-refractivity contribution in [1.82, 2.24) is 14.9 Å². The number of fused-ring (bicyclic) bond motifs is 1. The Morgan fingerprint density at radius 1 is 1.19 bits per heavy atom. The Morgan fingerprint density at radius 2 is 1.96 bits per heavy atom. The molecule has 1 atom stereocenters. The number of amides is 1. The van der Waals surface area contributed by atoms with Crippen LogP contribution in [0.15, 0.2) is 48.5 Å². The topological polar surface area (TPSA) is 58.2 Å². The SMILES string of the molecule is O=C(c1ccc(OC(F)F)cc1)N1CCC[C@@H](c2nc3ccccc3[nH]2)C1. The van der Waals surface area contributed by atoms with Crippen LogP contribution in [0.4, 0.5) is 8.78 Å². The molecule has 2 heterocycles. The number of hydrogen-bond acceptors (Lipinski definition) is 3. The molecule has 0 bridgehead atoms. The standard InChI is InChI=1S/C20H19F2N3O2/c21-20(22)27-15-9-7-13(8-10-15)19(26)25-11-3-4-14(12-25)18-23-16-5-1-2-6-17(16)24-18/h1-2,5-10,14,20H,3-4,11-12H2,(H,23,24)/t14-/m1/s1. The van der Waals surface area contributed by atoms with Crippen molar-refractivity contribution in [3.8, 4) is 5.75 Å². The lowest BCUT2D eigenvalue weighted by Crippen LogP contribution is -2.39. The molecule has 1 amide bonds. The Balaban J connectivity index is 1.48. The minimum Gasteiger partial charge on any atom is -0.435 e. The maximum Gasteiger partial charge on any atom is 0.387 e. The van der Waals surface area contributed by atoms with Crippen LogP contribution >= 0.6 is 0 Å². The average Bonchev–Trinajstić information content (AvgIpc) is 3.12. The fraction of sp³-hybridized carbons (Fsp3) is 0.300. The highest BCUT2D eigenvalue weighted by molar-refractivity contribution is 5.94. The van der Waals surface area contributed by atoms with E-state index in [1.54, 1.807) is 4.90 Å². The number of carbonyl (C=O) groups excluding carboxylic acids is 1. The molecule has 3 aromatic rings. The number of rotatable bonds is 4. The highest BCUT2D eigenvalue weighted by Gasteiger charge is 2.27. The molecule has 0 aliphatic carbocycles. The molecule has 0 radical (unpaired) electrons. The third kappa shape index (κ3) is 3.77. The molecule has 7 heteroatoms. The molecule has 0 unspecified atom stereocenters. The van der Waals surface area contributed by atoms with Crippen molar-refractivity contribution >= 4 is 16.9 Å². The Bertz CT molecular complexity index is 907. The smallest absolute Gasteiger partial charge is 0.387 e. The number of halogens is 2. The van der Waals surface area contributed by atoms with Crippen LogP contribution in [0.1, 0.15) is 34.9 Å². The summed E-state index contributed by atoms with van der Waals surface area (Å²) in [7, 11) is 0. The van der Waals surface area contributed by atoms with Crippen LogP contribution < -0.4 is 4.74 Å². The molecule has 0 spiro atoms. The molecule has 27 heavy (non-hydrogen) atoms.